The molecule has 29 heavy (non-hydrogen) atoms. The first-order valence-electron chi connectivity index (χ1n) is 10.6. The number of guanidine groups is 1. The summed E-state index contributed by atoms with van der Waals surface area (Å²) in [5.74, 6) is 1.54. The van der Waals surface area contributed by atoms with Crippen molar-refractivity contribution in [2.45, 2.75) is 39.3 Å². The van der Waals surface area contributed by atoms with Crippen molar-refractivity contribution in [2.75, 3.05) is 53.6 Å². The van der Waals surface area contributed by atoms with Crippen LogP contribution in [-0.2, 0) is 22.6 Å². The van der Waals surface area contributed by atoms with Crippen LogP contribution in [0.25, 0.3) is 0 Å². The SMILES string of the molecule is CCNC(=NCc1ccc(CN(C)C)cc1)NCCCOCC1CCOCC1.I. The van der Waals surface area contributed by atoms with Crippen LogP contribution in [0.1, 0.15) is 37.3 Å². The van der Waals surface area contributed by atoms with E-state index in [1.165, 1.54) is 11.1 Å². The van der Waals surface area contributed by atoms with E-state index in [2.05, 4.69) is 60.8 Å². The lowest BCUT2D eigenvalue weighted by atomic mass is 10.0. The smallest absolute Gasteiger partial charge is 0.191 e. The van der Waals surface area contributed by atoms with Crippen LogP contribution in [0.4, 0.5) is 0 Å². The van der Waals surface area contributed by atoms with Crippen LogP contribution in [0.15, 0.2) is 29.3 Å². The highest BCUT2D eigenvalue weighted by atomic mass is 127. The standard InChI is InChI=1S/C22H38N4O2.HI/c1-4-23-22(24-12-5-13-28-18-21-10-14-27-15-11-21)25-16-19-6-8-20(9-7-19)17-26(2)3;/h6-9,21H,4-5,10-18H2,1-3H3,(H2,23,24,25);1H. The summed E-state index contributed by atoms with van der Waals surface area (Å²) in [6.45, 7) is 8.87. The van der Waals surface area contributed by atoms with Crippen LogP contribution in [0.3, 0.4) is 0 Å². The van der Waals surface area contributed by atoms with Crippen molar-refractivity contribution in [3.63, 3.8) is 0 Å². The summed E-state index contributed by atoms with van der Waals surface area (Å²) in [5.41, 5.74) is 2.54. The summed E-state index contributed by atoms with van der Waals surface area (Å²) in [6, 6.07) is 8.69. The van der Waals surface area contributed by atoms with E-state index >= 15 is 0 Å². The van der Waals surface area contributed by atoms with Crippen molar-refractivity contribution in [3.8, 4) is 0 Å². The van der Waals surface area contributed by atoms with Crippen molar-refractivity contribution < 1.29 is 9.47 Å². The molecule has 0 atom stereocenters. The van der Waals surface area contributed by atoms with Crippen LogP contribution < -0.4 is 10.6 Å². The topological polar surface area (TPSA) is 58.1 Å². The van der Waals surface area contributed by atoms with Gasteiger partial charge in [-0.25, -0.2) is 4.99 Å². The molecular formula is C22H39IN4O2. The van der Waals surface area contributed by atoms with Gasteiger partial charge in [0.15, 0.2) is 5.96 Å². The van der Waals surface area contributed by atoms with Gasteiger partial charge in [0.05, 0.1) is 6.54 Å². The fourth-order valence-corrected chi connectivity index (χ4v) is 3.17. The second kappa shape index (κ2) is 15.9. The first-order chi connectivity index (χ1) is 13.7. The third-order valence-electron chi connectivity index (χ3n) is 4.74. The van der Waals surface area contributed by atoms with Crippen LogP contribution >= 0.6 is 24.0 Å². The van der Waals surface area contributed by atoms with E-state index in [4.69, 9.17) is 14.5 Å². The number of nitrogens with one attached hydrogen (secondary N) is 2. The Morgan fingerprint density at radius 1 is 1.14 bits per heavy atom. The Morgan fingerprint density at radius 3 is 2.48 bits per heavy atom. The summed E-state index contributed by atoms with van der Waals surface area (Å²) in [4.78, 5) is 6.87. The third-order valence-corrected chi connectivity index (χ3v) is 4.74. The predicted molar refractivity (Wildman–Crippen MR) is 131 cm³/mol. The Kier molecular flexibility index (Phi) is 14.3. The number of hydrogen-bond acceptors (Lipinski definition) is 4. The molecule has 1 aliphatic rings. The molecule has 1 aliphatic heterocycles. The maximum atomic E-state index is 5.82. The van der Waals surface area contributed by atoms with Gasteiger partial charge in [-0.2, -0.15) is 0 Å². The number of ether oxygens (including phenoxy) is 2. The molecular weight excluding hydrogens is 479 g/mol. The molecule has 0 bridgehead atoms. The van der Waals surface area contributed by atoms with E-state index in [0.29, 0.717) is 12.5 Å². The van der Waals surface area contributed by atoms with E-state index in [1.807, 2.05) is 0 Å². The Bertz CT molecular complexity index is 560. The molecule has 0 spiro atoms. The second-order valence-electron chi connectivity index (χ2n) is 7.66. The zero-order valence-electron chi connectivity index (χ0n) is 18.3. The molecule has 1 aromatic rings. The van der Waals surface area contributed by atoms with Crippen LogP contribution in [-0.4, -0.2) is 64.5 Å². The molecule has 1 fully saturated rings. The van der Waals surface area contributed by atoms with Crippen molar-refractivity contribution in [1.29, 1.82) is 0 Å². The summed E-state index contributed by atoms with van der Waals surface area (Å²) >= 11 is 0. The molecule has 0 unspecified atom stereocenters. The van der Waals surface area contributed by atoms with E-state index in [-0.39, 0.29) is 24.0 Å². The van der Waals surface area contributed by atoms with Crippen molar-refractivity contribution in [2.24, 2.45) is 10.9 Å². The number of nitrogens with zero attached hydrogens (tertiary/aromatic N) is 2. The normalized spacial score (nSPS) is 15.2. The quantitative estimate of drug-likeness (QED) is 0.204. The number of rotatable bonds is 11. The van der Waals surface area contributed by atoms with Gasteiger partial charge in [0.25, 0.3) is 0 Å². The van der Waals surface area contributed by atoms with Gasteiger partial charge in [-0.3, -0.25) is 0 Å². The van der Waals surface area contributed by atoms with Gasteiger partial charge >= 0.3 is 0 Å². The van der Waals surface area contributed by atoms with Gasteiger partial charge < -0.3 is 25.0 Å². The van der Waals surface area contributed by atoms with Gasteiger partial charge in [-0.1, -0.05) is 24.3 Å². The lowest BCUT2D eigenvalue weighted by Gasteiger charge is -2.21. The highest BCUT2D eigenvalue weighted by Crippen LogP contribution is 2.14. The maximum absolute atomic E-state index is 5.82. The van der Waals surface area contributed by atoms with Crippen LogP contribution in [0.2, 0.25) is 0 Å². The number of aliphatic imine (C=N–C) groups is 1. The maximum Gasteiger partial charge on any atom is 0.191 e. The van der Waals surface area contributed by atoms with Gasteiger partial charge in [0.1, 0.15) is 0 Å². The fraction of sp³-hybridized carbons (Fsp3) is 0.682. The summed E-state index contributed by atoms with van der Waals surface area (Å²) in [5, 5.41) is 6.71. The predicted octanol–water partition coefficient (Wildman–Crippen LogP) is 3.25. The molecule has 0 amide bonds. The number of hydrogen-bond donors (Lipinski definition) is 2. The van der Waals surface area contributed by atoms with Crippen molar-refractivity contribution >= 4 is 29.9 Å². The first kappa shape index (κ1) is 26.1. The number of halogens is 1. The molecule has 6 nitrogen and oxygen atoms in total. The van der Waals surface area contributed by atoms with Gasteiger partial charge in [0, 0.05) is 46.1 Å². The molecule has 0 radical (unpaired) electrons. The molecule has 1 aromatic carbocycles. The summed E-state index contributed by atoms with van der Waals surface area (Å²) in [7, 11) is 4.17. The molecule has 1 heterocycles. The lowest BCUT2D eigenvalue weighted by Crippen LogP contribution is -2.38. The lowest BCUT2D eigenvalue weighted by molar-refractivity contribution is 0.0203. The number of benzene rings is 1. The molecule has 2 rings (SSSR count). The molecule has 0 aromatic heterocycles. The monoisotopic (exact) mass is 518 g/mol. The van der Waals surface area contributed by atoms with Crippen LogP contribution in [0, 0.1) is 5.92 Å². The molecule has 0 aliphatic carbocycles. The minimum Gasteiger partial charge on any atom is -0.381 e. The van der Waals surface area contributed by atoms with Gasteiger partial charge in [-0.15, -0.1) is 24.0 Å². The second-order valence-corrected chi connectivity index (χ2v) is 7.66. The third kappa shape index (κ3) is 11.8. The summed E-state index contributed by atoms with van der Waals surface area (Å²) in [6.07, 6.45) is 3.24. The molecule has 166 valence electrons. The Balaban J connectivity index is 0.00000420. The Labute approximate surface area is 193 Å². The summed E-state index contributed by atoms with van der Waals surface area (Å²) < 4.78 is 11.2. The highest BCUT2D eigenvalue weighted by Gasteiger charge is 2.13. The molecule has 0 saturated carbocycles. The van der Waals surface area contributed by atoms with Crippen LogP contribution in [0.5, 0.6) is 0 Å². The highest BCUT2D eigenvalue weighted by molar-refractivity contribution is 14.0. The van der Waals surface area contributed by atoms with Crippen molar-refractivity contribution in [1.82, 2.24) is 15.5 Å². The minimum atomic E-state index is 0. The van der Waals surface area contributed by atoms with Gasteiger partial charge in [0.2, 0.25) is 0 Å². The minimum absolute atomic E-state index is 0. The van der Waals surface area contributed by atoms with E-state index in [1.54, 1.807) is 0 Å². The Hall–Kier alpha value is -0.900. The first-order valence-corrected chi connectivity index (χ1v) is 10.6. The van der Waals surface area contributed by atoms with E-state index in [9.17, 15) is 0 Å². The van der Waals surface area contributed by atoms with E-state index in [0.717, 1.165) is 71.3 Å². The molecule has 2 N–H and O–H groups in total. The fourth-order valence-electron chi connectivity index (χ4n) is 3.17. The molecule has 1 saturated heterocycles. The van der Waals surface area contributed by atoms with Crippen molar-refractivity contribution in [3.05, 3.63) is 35.4 Å². The zero-order valence-corrected chi connectivity index (χ0v) is 20.6. The Morgan fingerprint density at radius 2 is 1.83 bits per heavy atom. The van der Waals surface area contributed by atoms with Gasteiger partial charge in [-0.05, 0) is 57.3 Å². The average Bonchev–Trinajstić information content (AvgIpc) is 2.70. The van der Waals surface area contributed by atoms with E-state index < -0.39 is 0 Å². The molecule has 7 heteroatoms. The average molecular weight is 518 g/mol. The zero-order chi connectivity index (χ0) is 20.0. The largest absolute Gasteiger partial charge is 0.381 e.